The van der Waals surface area contributed by atoms with Crippen molar-refractivity contribution in [2.45, 2.75) is 37.6 Å². The van der Waals surface area contributed by atoms with Gasteiger partial charge in [-0.15, -0.1) is 0 Å². The van der Waals surface area contributed by atoms with Gasteiger partial charge < -0.3 is 24.8 Å². The van der Waals surface area contributed by atoms with Crippen LogP contribution in [0.4, 0.5) is 0 Å². The van der Waals surface area contributed by atoms with E-state index in [1.807, 2.05) is 36.4 Å². The summed E-state index contributed by atoms with van der Waals surface area (Å²) in [5.74, 6) is 0.536. The molecular formula is C16H18O5. The van der Waals surface area contributed by atoms with Crippen LogP contribution in [0.2, 0.25) is 0 Å². The van der Waals surface area contributed by atoms with Gasteiger partial charge in [0, 0.05) is 0 Å². The number of ether oxygens (including phenoxy) is 2. The van der Waals surface area contributed by atoms with Crippen LogP contribution in [0.15, 0.2) is 42.5 Å². The predicted octanol–water partition coefficient (Wildman–Crippen LogP) is 1.05. The molecule has 5 nitrogen and oxygen atoms in total. The third kappa shape index (κ3) is 2.73. The van der Waals surface area contributed by atoms with E-state index in [-0.39, 0.29) is 0 Å². The fourth-order valence-corrected chi connectivity index (χ4v) is 2.49. The van der Waals surface area contributed by atoms with E-state index in [4.69, 9.17) is 9.47 Å². The van der Waals surface area contributed by atoms with Gasteiger partial charge in [0.25, 0.3) is 0 Å². The summed E-state index contributed by atoms with van der Waals surface area (Å²) in [5, 5.41) is 31.5. The largest absolute Gasteiger partial charge is 0.462 e. The lowest BCUT2D eigenvalue weighted by molar-refractivity contribution is -0.268. The second-order valence-corrected chi connectivity index (χ2v) is 5.31. The van der Waals surface area contributed by atoms with Gasteiger partial charge in [-0.05, 0) is 29.8 Å². The van der Waals surface area contributed by atoms with Crippen molar-refractivity contribution in [3.8, 4) is 5.75 Å². The van der Waals surface area contributed by atoms with Crippen LogP contribution < -0.4 is 4.74 Å². The molecule has 2 aromatic rings. The van der Waals surface area contributed by atoms with E-state index in [2.05, 4.69) is 0 Å². The van der Waals surface area contributed by atoms with Gasteiger partial charge in [0.05, 0.1) is 6.10 Å². The fourth-order valence-electron chi connectivity index (χ4n) is 2.49. The van der Waals surface area contributed by atoms with Gasteiger partial charge in [0.15, 0.2) is 0 Å². The summed E-state index contributed by atoms with van der Waals surface area (Å²) in [7, 11) is 0. The number of hydrogen-bond donors (Lipinski definition) is 3. The zero-order valence-corrected chi connectivity index (χ0v) is 11.6. The van der Waals surface area contributed by atoms with E-state index < -0.39 is 30.7 Å². The Morgan fingerprint density at radius 2 is 1.62 bits per heavy atom. The summed E-state index contributed by atoms with van der Waals surface area (Å²) >= 11 is 0. The first-order valence-corrected chi connectivity index (χ1v) is 6.91. The lowest BCUT2D eigenvalue weighted by Gasteiger charge is -2.38. The van der Waals surface area contributed by atoms with E-state index in [0.717, 1.165) is 10.8 Å². The Kier molecular flexibility index (Phi) is 3.82. The van der Waals surface area contributed by atoms with Crippen LogP contribution >= 0.6 is 0 Å². The van der Waals surface area contributed by atoms with Crippen LogP contribution in [0.1, 0.15) is 6.92 Å². The molecule has 0 aromatic heterocycles. The Balaban J connectivity index is 1.81. The number of hydrogen-bond acceptors (Lipinski definition) is 5. The molecule has 1 aliphatic rings. The maximum absolute atomic E-state index is 9.94. The molecule has 3 N–H and O–H groups in total. The van der Waals surface area contributed by atoms with Gasteiger partial charge in [-0.2, -0.15) is 0 Å². The average molecular weight is 290 g/mol. The molecule has 0 spiro atoms. The van der Waals surface area contributed by atoms with E-state index in [1.165, 1.54) is 0 Å². The van der Waals surface area contributed by atoms with Crippen LogP contribution in [-0.2, 0) is 4.74 Å². The minimum Gasteiger partial charge on any atom is -0.462 e. The monoisotopic (exact) mass is 290 g/mol. The summed E-state index contributed by atoms with van der Waals surface area (Å²) in [6.45, 7) is 1.62. The molecule has 5 atom stereocenters. The molecule has 0 unspecified atom stereocenters. The normalized spacial score (nSPS) is 33.0. The van der Waals surface area contributed by atoms with E-state index in [9.17, 15) is 15.3 Å². The van der Waals surface area contributed by atoms with Crippen molar-refractivity contribution in [3.05, 3.63) is 42.5 Å². The molecule has 0 bridgehead atoms. The third-order valence-corrected chi connectivity index (χ3v) is 3.78. The van der Waals surface area contributed by atoms with Gasteiger partial charge in [-0.25, -0.2) is 0 Å². The lowest BCUT2D eigenvalue weighted by atomic mass is 10.00. The molecule has 3 rings (SSSR count). The first kappa shape index (κ1) is 14.3. The van der Waals surface area contributed by atoms with Crippen molar-refractivity contribution in [1.82, 2.24) is 0 Å². The fraction of sp³-hybridized carbons (Fsp3) is 0.375. The number of aliphatic hydroxyl groups excluding tert-OH is 3. The van der Waals surface area contributed by atoms with Crippen molar-refractivity contribution in [2.24, 2.45) is 0 Å². The molecule has 21 heavy (non-hydrogen) atoms. The van der Waals surface area contributed by atoms with Crippen molar-refractivity contribution >= 4 is 10.8 Å². The van der Waals surface area contributed by atoms with Crippen LogP contribution in [0, 0.1) is 0 Å². The van der Waals surface area contributed by atoms with E-state index >= 15 is 0 Å². The van der Waals surface area contributed by atoms with Crippen LogP contribution in [0.25, 0.3) is 10.8 Å². The Labute approximate surface area is 122 Å². The van der Waals surface area contributed by atoms with Crippen molar-refractivity contribution < 1.29 is 24.8 Å². The minimum atomic E-state index is -1.30. The van der Waals surface area contributed by atoms with Crippen LogP contribution in [0.5, 0.6) is 5.75 Å². The van der Waals surface area contributed by atoms with Gasteiger partial charge in [-0.3, -0.25) is 0 Å². The molecule has 1 heterocycles. The molecule has 0 saturated carbocycles. The van der Waals surface area contributed by atoms with Crippen molar-refractivity contribution in [1.29, 1.82) is 0 Å². The molecule has 0 radical (unpaired) electrons. The zero-order valence-electron chi connectivity index (χ0n) is 11.6. The number of fused-ring (bicyclic) bond motifs is 1. The maximum atomic E-state index is 9.94. The molecule has 1 fully saturated rings. The van der Waals surface area contributed by atoms with Gasteiger partial charge in [0.2, 0.25) is 6.29 Å². The van der Waals surface area contributed by atoms with Crippen LogP contribution in [-0.4, -0.2) is 46.0 Å². The quantitative estimate of drug-likeness (QED) is 0.770. The molecule has 0 aliphatic carbocycles. The van der Waals surface area contributed by atoms with Crippen molar-refractivity contribution in [2.75, 3.05) is 0 Å². The SMILES string of the molecule is C[C@H]1O[C@H](Oc2ccc3ccccc3c2)[C@H](O)[C@@H](O)[C@H]1O. The maximum Gasteiger partial charge on any atom is 0.229 e. The third-order valence-electron chi connectivity index (χ3n) is 3.78. The van der Waals surface area contributed by atoms with E-state index in [0.29, 0.717) is 5.75 Å². The van der Waals surface area contributed by atoms with Gasteiger partial charge in [-0.1, -0.05) is 30.3 Å². The standard InChI is InChI=1S/C16H18O5/c1-9-13(17)14(18)15(19)16(20-9)21-12-7-6-10-4-2-3-5-11(10)8-12/h2-9,13-19H,1H3/t9-,13+,14+,15-,16-/m1/s1. The highest BCUT2D eigenvalue weighted by Crippen LogP contribution is 2.26. The Morgan fingerprint density at radius 3 is 2.38 bits per heavy atom. The predicted molar refractivity (Wildman–Crippen MR) is 76.9 cm³/mol. The minimum absolute atomic E-state index is 0.536. The molecule has 5 heteroatoms. The number of aliphatic hydroxyl groups is 3. The molecular weight excluding hydrogens is 272 g/mol. The Hall–Kier alpha value is -1.66. The number of rotatable bonds is 2. The molecule has 112 valence electrons. The highest BCUT2D eigenvalue weighted by Gasteiger charge is 2.43. The zero-order chi connectivity index (χ0) is 15.0. The second kappa shape index (κ2) is 5.61. The van der Waals surface area contributed by atoms with Gasteiger partial charge in [0.1, 0.15) is 24.1 Å². The smallest absolute Gasteiger partial charge is 0.229 e. The summed E-state index contributed by atoms with van der Waals surface area (Å²) in [4.78, 5) is 0. The number of benzene rings is 2. The lowest BCUT2D eigenvalue weighted by Crippen LogP contribution is -2.58. The molecule has 1 aliphatic heterocycles. The topological polar surface area (TPSA) is 79.2 Å². The second-order valence-electron chi connectivity index (χ2n) is 5.31. The molecule has 0 amide bonds. The summed E-state index contributed by atoms with van der Waals surface area (Å²) in [6.07, 6.45) is -5.35. The van der Waals surface area contributed by atoms with E-state index in [1.54, 1.807) is 13.0 Å². The highest BCUT2D eigenvalue weighted by molar-refractivity contribution is 5.83. The Morgan fingerprint density at radius 1 is 0.905 bits per heavy atom. The van der Waals surface area contributed by atoms with Crippen LogP contribution in [0.3, 0.4) is 0 Å². The highest BCUT2D eigenvalue weighted by atomic mass is 16.7. The van der Waals surface area contributed by atoms with Crippen molar-refractivity contribution in [3.63, 3.8) is 0 Å². The molecule has 2 aromatic carbocycles. The first-order valence-electron chi connectivity index (χ1n) is 6.91. The Bertz CT molecular complexity index is 629. The van der Waals surface area contributed by atoms with Gasteiger partial charge >= 0.3 is 0 Å². The summed E-state index contributed by atoms with van der Waals surface area (Å²) < 4.78 is 11.0. The average Bonchev–Trinajstić information content (AvgIpc) is 2.50. The molecule has 1 saturated heterocycles. The first-order chi connectivity index (χ1) is 10.1. The summed E-state index contributed by atoms with van der Waals surface area (Å²) in [5.41, 5.74) is 0. The summed E-state index contributed by atoms with van der Waals surface area (Å²) in [6, 6.07) is 13.4.